The summed E-state index contributed by atoms with van der Waals surface area (Å²) in [5.74, 6) is -0.398. The number of aryl methyl sites for hydroxylation is 1. The van der Waals surface area contributed by atoms with E-state index in [2.05, 4.69) is 26.3 Å². The Morgan fingerprint density at radius 3 is 2.50 bits per heavy atom. The van der Waals surface area contributed by atoms with E-state index in [1.807, 2.05) is 18.2 Å². The van der Waals surface area contributed by atoms with Crippen molar-refractivity contribution in [2.24, 2.45) is 0 Å². The van der Waals surface area contributed by atoms with Crippen molar-refractivity contribution in [1.82, 2.24) is 14.1 Å². The third kappa shape index (κ3) is 4.48. The fourth-order valence-corrected chi connectivity index (χ4v) is 5.12. The lowest BCUT2D eigenvalue weighted by atomic mass is 10.1. The molecule has 1 aromatic heterocycles. The molecular weight excluding hydrogens is 468 g/mol. The molecule has 3 rings (SSSR count). The van der Waals surface area contributed by atoms with Crippen LogP contribution in [-0.2, 0) is 10.0 Å². The Bertz CT molecular complexity index is 1170. The lowest BCUT2D eigenvalue weighted by Gasteiger charge is -2.20. The van der Waals surface area contributed by atoms with Crippen LogP contribution in [0.25, 0.3) is 5.69 Å². The summed E-state index contributed by atoms with van der Waals surface area (Å²) < 4.78 is 29.8. The molecule has 0 saturated heterocycles. The van der Waals surface area contributed by atoms with Crippen LogP contribution in [0, 0.1) is 6.92 Å². The van der Waals surface area contributed by atoms with Gasteiger partial charge in [-0.2, -0.15) is 9.40 Å². The second-order valence-corrected chi connectivity index (χ2v) is 9.47. The van der Waals surface area contributed by atoms with Gasteiger partial charge in [0.15, 0.2) is 0 Å². The highest BCUT2D eigenvalue weighted by Gasteiger charge is 2.25. The molecule has 0 aliphatic heterocycles. The van der Waals surface area contributed by atoms with Crippen LogP contribution in [0.2, 0.25) is 0 Å². The number of aromatic nitrogens is 2. The summed E-state index contributed by atoms with van der Waals surface area (Å²) in [7, 11) is -3.68. The molecule has 3 aromatic rings. The van der Waals surface area contributed by atoms with Gasteiger partial charge in [-0.25, -0.2) is 13.1 Å². The van der Waals surface area contributed by atoms with Gasteiger partial charge >= 0.3 is 0 Å². The molecular formula is C21H23BrN4O3S. The molecule has 1 amide bonds. The number of anilines is 1. The number of hydrogen-bond donors (Lipinski definition) is 1. The predicted octanol–water partition coefficient (Wildman–Crippen LogP) is 4.23. The van der Waals surface area contributed by atoms with Crippen molar-refractivity contribution < 1.29 is 13.2 Å². The molecule has 7 nitrogen and oxygen atoms in total. The third-order valence-corrected chi connectivity index (χ3v) is 7.33. The molecule has 0 aliphatic carbocycles. The van der Waals surface area contributed by atoms with Gasteiger partial charge in [-0.15, -0.1) is 0 Å². The zero-order chi connectivity index (χ0) is 21.9. The normalized spacial score (nSPS) is 11.6. The number of hydrogen-bond acceptors (Lipinski definition) is 4. The second kappa shape index (κ2) is 9.11. The van der Waals surface area contributed by atoms with Crippen molar-refractivity contribution in [3.05, 3.63) is 70.5 Å². The standard InChI is InChI=1S/C21H23BrN4O3S/c1-4-25(5-2)30(28,29)20-12-16(11-10-15(20)3)21(27)24-18-8-6-7-9-19(18)26-14-17(22)13-23-26/h6-14H,4-5H2,1-3H3,(H,24,27). The van der Waals surface area contributed by atoms with E-state index in [1.165, 1.54) is 10.4 Å². The number of sulfonamides is 1. The maximum absolute atomic E-state index is 13.0. The second-order valence-electron chi connectivity index (χ2n) is 6.64. The van der Waals surface area contributed by atoms with Gasteiger partial charge in [0, 0.05) is 24.8 Å². The van der Waals surface area contributed by atoms with E-state index in [0.717, 1.165) is 4.47 Å². The molecule has 9 heteroatoms. The molecule has 0 atom stereocenters. The number of halogens is 1. The Balaban J connectivity index is 1.95. The molecule has 0 bridgehead atoms. The molecule has 1 N–H and O–H groups in total. The Morgan fingerprint density at radius 1 is 1.17 bits per heavy atom. The fourth-order valence-electron chi connectivity index (χ4n) is 3.13. The highest BCUT2D eigenvalue weighted by Crippen LogP contribution is 2.24. The van der Waals surface area contributed by atoms with Gasteiger partial charge in [0.1, 0.15) is 0 Å². The van der Waals surface area contributed by atoms with E-state index >= 15 is 0 Å². The maximum Gasteiger partial charge on any atom is 0.255 e. The summed E-state index contributed by atoms with van der Waals surface area (Å²) in [6, 6.07) is 12.0. The van der Waals surface area contributed by atoms with Crippen molar-refractivity contribution in [2.45, 2.75) is 25.7 Å². The largest absolute Gasteiger partial charge is 0.320 e. The molecule has 0 aliphatic rings. The zero-order valence-corrected chi connectivity index (χ0v) is 19.4. The van der Waals surface area contributed by atoms with Crippen LogP contribution >= 0.6 is 15.9 Å². The van der Waals surface area contributed by atoms with Gasteiger partial charge < -0.3 is 5.32 Å². The monoisotopic (exact) mass is 490 g/mol. The molecule has 158 valence electrons. The Hall–Kier alpha value is -2.49. The molecule has 30 heavy (non-hydrogen) atoms. The summed E-state index contributed by atoms with van der Waals surface area (Å²) in [6.07, 6.45) is 3.44. The topological polar surface area (TPSA) is 84.3 Å². The molecule has 0 saturated carbocycles. The van der Waals surface area contributed by atoms with Gasteiger partial charge in [-0.1, -0.05) is 32.0 Å². The van der Waals surface area contributed by atoms with E-state index < -0.39 is 15.9 Å². The van der Waals surface area contributed by atoms with Crippen molar-refractivity contribution in [2.75, 3.05) is 18.4 Å². The first-order chi connectivity index (χ1) is 14.3. The minimum absolute atomic E-state index is 0.142. The van der Waals surface area contributed by atoms with Crippen LogP contribution in [0.1, 0.15) is 29.8 Å². The number of nitrogens with one attached hydrogen (secondary N) is 1. The lowest BCUT2D eigenvalue weighted by molar-refractivity contribution is 0.102. The third-order valence-electron chi connectivity index (χ3n) is 4.72. The van der Waals surface area contributed by atoms with E-state index in [9.17, 15) is 13.2 Å². The summed E-state index contributed by atoms with van der Waals surface area (Å²) >= 11 is 3.37. The van der Waals surface area contributed by atoms with Gasteiger partial charge in [0.25, 0.3) is 5.91 Å². The number of carbonyl (C=O) groups excluding carboxylic acids is 1. The SMILES string of the molecule is CCN(CC)S(=O)(=O)c1cc(C(=O)Nc2ccccc2-n2cc(Br)cn2)ccc1C. The van der Waals surface area contributed by atoms with Crippen LogP contribution in [0.15, 0.2) is 64.2 Å². The highest BCUT2D eigenvalue weighted by atomic mass is 79.9. The van der Waals surface area contributed by atoms with Gasteiger partial charge in [-0.3, -0.25) is 4.79 Å². The minimum atomic E-state index is -3.68. The summed E-state index contributed by atoms with van der Waals surface area (Å²) in [5, 5.41) is 7.12. The molecule has 0 fully saturated rings. The van der Waals surface area contributed by atoms with E-state index in [1.54, 1.807) is 56.0 Å². The number of carbonyl (C=O) groups is 1. The maximum atomic E-state index is 13.0. The van der Waals surface area contributed by atoms with Crippen molar-refractivity contribution in [3.8, 4) is 5.69 Å². The van der Waals surface area contributed by atoms with Gasteiger partial charge in [-0.05, 0) is 52.7 Å². The Morgan fingerprint density at radius 2 is 1.87 bits per heavy atom. The highest BCUT2D eigenvalue weighted by molar-refractivity contribution is 9.10. The van der Waals surface area contributed by atoms with Crippen molar-refractivity contribution >= 4 is 37.5 Å². The van der Waals surface area contributed by atoms with Gasteiger partial charge in [0.2, 0.25) is 10.0 Å². The van der Waals surface area contributed by atoms with Crippen LogP contribution in [0.5, 0.6) is 0 Å². The minimum Gasteiger partial charge on any atom is -0.320 e. The Labute approximate surface area is 184 Å². The first kappa shape index (κ1) is 22.2. The average molecular weight is 491 g/mol. The van der Waals surface area contributed by atoms with Gasteiger partial charge in [0.05, 0.1) is 26.9 Å². The fraction of sp³-hybridized carbons (Fsp3) is 0.238. The number of para-hydroxylation sites is 2. The molecule has 2 aromatic carbocycles. The van der Waals surface area contributed by atoms with Crippen LogP contribution in [0.3, 0.4) is 0 Å². The molecule has 0 radical (unpaired) electrons. The quantitative estimate of drug-likeness (QED) is 0.536. The number of amides is 1. The zero-order valence-electron chi connectivity index (χ0n) is 17.0. The molecule has 0 unspecified atom stereocenters. The lowest BCUT2D eigenvalue weighted by Crippen LogP contribution is -2.31. The average Bonchev–Trinajstić information content (AvgIpc) is 3.15. The van der Waals surface area contributed by atoms with Crippen LogP contribution in [-0.4, -0.2) is 41.5 Å². The summed E-state index contributed by atoms with van der Waals surface area (Å²) in [6.45, 7) is 6.03. The first-order valence-corrected chi connectivity index (χ1v) is 11.7. The van der Waals surface area contributed by atoms with Crippen LogP contribution in [0.4, 0.5) is 5.69 Å². The smallest absolute Gasteiger partial charge is 0.255 e. The number of rotatable bonds is 7. The molecule has 1 heterocycles. The van der Waals surface area contributed by atoms with Crippen LogP contribution < -0.4 is 5.32 Å². The number of nitrogens with zero attached hydrogens (tertiary/aromatic N) is 3. The predicted molar refractivity (Wildman–Crippen MR) is 121 cm³/mol. The van der Waals surface area contributed by atoms with E-state index in [-0.39, 0.29) is 10.5 Å². The van der Waals surface area contributed by atoms with Crippen molar-refractivity contribution in [3.63, 3.8) is 0 Å². The van der Waals surface area contributed by atoms with E-state index in [0.29, 0.717) is 30.0 Å². The van der Waals surface area contributed by atoms with Crippen molar-refractivity contribution in [1.29, 1.82) is 0 Å². The Kier molecular flexibility index (Phi) is 6.74. The molecule has 0 spiro atoms. The van der Waals surface area contributed by atoms with E-state index in [4.69, 9.17) is 0 Å². The number of benzene rings is 2. The summed E-state index contributed by atoms with van der Waals surface area (Å²) in [5.41, 5.74) is 2.12. The summed E-state index contributed by atoms with van der Waals surface area (Å²) in [4.78, 5) is 13.1. The first-order valence-electron chi connectivity index (χ1n) is 9.49.